The first-order chi connectivity index (χ1) is 17.5. The molecular weight excluding hydrogens is 446 g/mol. The van der Waals surface area contributed by atoms with Crippen molar-refractivity contribution >= 4 is 39.1 Å². The van der Waals surface area contributed by atoms with Crippen LogP contribution in [0, 0.1) is 6.92 Å². The quantitative estimate of drug-likeness (QED) is 0.373. The van der Waals surface area contributed by atoms with Crippen LogP contribution in [0.1, 0.15) is 23.6 Å². The maximum atomic E-state index is 4.60. The molecule has 6 rings (SSSR count). The lowest BCUT2D eigenvalue weighted by Crippen LogP contribution is -2.49. The van der Waals surface area contributed by atoms with Gasteiger partial charge in [-0.3, -0.25) is 0 Å². The predicted octanol–water partition coefficient (Wildman–Crippen LogP) is 4.96. The number of nitrogens with zero attached hydrogens (tertiary/aromatic N) is 5. The highest BCUT2D eigenvalue weighted by Gasteiger charge is 2.19. The fourth-order valence-corrected chi connectivity index (χ4v) is 5.17. The number of anilines is 3. The molecule has 1 saturated heterocycles. The molecule has 36 heavy (non-hydrogen) atoms. The zero-order chi connectivity index (χ0) is 24.6. The molecule has 1 unspecified atom stereocenters. The SMILES string of the molecule is Cc1cc(Nc2ncnc3ccc(N4CCNCC4C)cc23)ccc1Cc1ccc2c(c1)ncn2C. The highest BCUT2D eigenvalue weighted by molar-refractivity contribution is 5.93. The van der Waals surface area contributed by atoms with Crippen molar-refractivity contribution in [2.24, 2.45) is 7.05 Å². The van der Waals surface area contributed by atoms with E-state index in [1.54, 1.807) is 6.33 Å². The minimum Gasteiger partial charge on any atom is -0.366 e. The van der Waals surface area contributed by atoms with E-state index in [-0.39, 0.29) is 0 Å². The van der Waals surface area contributed by atoms with Gasteiger partial charge in [0.2, 0.25) is 0 Å². The van der Waals surface area contributed by atoms with Crippen molar-refractivity contribution in [1.29, 1.82) is 0 Å². The minimum absolute atomic E-state index is 0.450. The topological polar surface area (TPSA) is 70.9 Å². The van der Waals surface area contributed by atoms with Gasteiger partial charge in [-0.15, -0.1) is 0 Å². The maximum Gasteiger partial charge on any atom is 0.141 e. The van der Waals surface area contributed by atoms with Crippen LogP contribution in [0.2, 0.25) is 0 Å². The molecule has 1 aliphatic heterocycles. The number of rotatable bonds is 5. The van der Waals surface area contributed by atoms with Crippen molar-refractivity contribution in [2.75, 3.05) is 29.9 Å². The van der Waals surface area contributed by atoms with Crippen LogP contribution in [-0.4, -0.2) is 45.2 Å². The zero-order valence-electron chi connectivity index (χ0n) is 21.0. The van der Waals surface area contributed by atoms with E-state index in [0.717, 1.165) is 59.5 Å². The van der Waals surface area contributed by atoms with E-state index in [9.17, 15) is 0 Å². The van der Waals surface area contributed by atoms with Crippen LogP contribution in [0.25, 0.3) is 21.9 Å². The molecule has 3 aromatic carbocycles. The van der Waals surface area contributed by atoms with E-state index in [2.05, 4.69) is 103 Å². The largest absolute Gasteiger partial charge is 0.366 e. The van der Waals surface area contributed by atoms with Gasteiger partial charge in [0.1, 0.15) is 12.1 Å². The summed E-state index contributed by atoms with van der Waals surface area (Å²) in [5.74, 6) is 0.831. The van der Waals surface area contributed by atoms with Crippen molar-refractivity contribution in [1.82, 2.24) is 24.8 Å². The molecule has 5 aromatic rings. The molecule has 7 heteroatoms. The summed E-state index contributed by atoms with van der Waals surface area (Å²) < 4.78 is 2.05. The summed E-state index contributed by atoms with van der Waals surface area (Å²) in [7, 11) is 2.03. The molecule has 2 aromatic heterocycles. The summed E-state index contributed by atoms with van der Waals surface area (Å²) in [6, 6.07) is 20.0. The van der Waals surface area contributed by atoms with Crippen molar-refractivity contribution in [3.8, 4) is 0 Å². The molecule has 0 bridgehead atoms. The van der Waals surface area contributed by atoms with E-state index < -0.39 is 0 Å². The predicted molar refractivity (Wildman–Crippen MR) is 147 cm³/mol. The minimum atomic E-state index is 0.450. The van der Waals surface area contributed by atoms with Gasteiger partial charge in [0.15, 0.2) is 0 Å². The summed E-state index contributed by atoms with van der Waals surface area (Å²) in [5.41, 5.74) is 9.19. The Morgan fingerprint density at radius 2 is 1.92 bits per heavy atom. The van der Waals surface area contributed by atoms with Crippen LogP contribution >= 0.6 is 0 Å². The lowest BCUT2D eigenvalue weighted by molar-refractivity contribution is 0.501. The highest BCUT2D eigenvalue weighted by Crippen LogP contribution is 2.29. The summed E-state index contributed by atoms with van der Waals surface area (Å²) in [4.78, 5) is 16.1. The van der Waals surface area contributed by atoms with Crippen LogP contribution in [0.3, 0.4) is 0 Å². The third-order valence-electron chi connectivity index (χ3n) is 7.24. The molecule has 0 radical (unpaired) electrons. The van der Waals surface area contributed by atoms with Crippen molar-refractivity contribution in [3.05, 3.63) is 83.9 Å². The zero-order valence-corrected chi connectivity index (χ0v) is 21.0. The number of aryl methyl sites for hydroxylation is 2. The van der Waals surface area contributed by atoms with Crippen LogP contribution in [-0.2, 0) is 13.5 Å². The fraction of sp³-hybridized carbons (Fsp3) is 0.276. The Labute approximate surface area is 211 Å². The number of benzene rings is 3. The third kappa shape index (κ3) is 4.27. The summed E-state index contributed by atoms with van der Waals surface area (Å²) in [6.45, 7) is 7.42. The molecule has 3 heterocycles. The molecule has 1 fully saturated rings. The first-order valence-electron chi connectivity index (χ1n) is 12.5. The lowest BCUT2D eigenvalue weighted by Gasteiger charge is -2.36. The molecular formula is C29H31N7. The van der Waals surface area contributed by atoms with Gasteiger partial charge < -0.3 is 20.1 Å². The molecule has 0 spiro atoms. The molecule has 1 aliphatic rings. The Hall–Kier alpha value is -3.97. The Kier molecular flexibility index (Phi) is 5.77. The smallest absolute Gasteiger partial charge is 0.141 e. The average molecular weight is 478 g/mol. The first kappa shape index (κ1) is 22.5. The van der Waals surface area contributed by atoms with Crippen molar-refractivity contribution < 1.29 is 0 Å². The Bertz CT molecular complexity index is 1550. The van der Waals surface area contributed by atoms with Gasteiger partial charge in [-0.1, -0.05) is 12.1 Å². The second-order valence-corrected chi connectivity index (χ2v) is 9.79. The Balaban J connectivity index is 1.25. The summed E-state index contributed by atoms with van der Waals surface area (Å²) in [6.07, 6.45) is 4.37. The van der Waals surface area contributed by atoms with Gasteiger partial charge >= 0.3 is 0 Å². The number of nitrogens with one attached hydrogen (secondary N) is 2. The number of imidazole rings is 1. The van der Waals surface area contributed by atoms with Crippen molar-refractivity contribution in [2.45, 2.75) is 26.3 Å². The monoisotopic (exact) mass is 477 g/mol. The highest BCUT2D eigenvalue weighted by atomic mass is 15.2. The van der Waals surface area contributed by atoms with Gasteiger partial charge in [0, 0.05) is 49.5 Å². The van der Waals surface area contributed by atoms with Gasteiger partial charge in [-0.25, -0.2) is 15.0 Å². The second kappa shape index (κ2) is 9.24. The van der Waals surface area contributed by atoms with E-state index in [1.165, 1.54) is 22.4 Å². The molecule has 0 amide bonds. The van der Waals surface area contributed by atoms with Gasteiger partial charge in [0.25, 0.3) is 0 Å². The van der Waals surface area contributed by atoms with E-state index in [1.807, 2.05) is 13.4 Å². The van der Waals surface area contributed by atoms with E-state index in [4.69, 9.17) is 0 Å². The number of aromatic nitrogens is 4. The molecule has 0 aliphatic carbocycles. The molecule has 1 atom stereocenters. The number of hydrogen-bond donors (Lipinski definition) is 2. The van der Waals surface area contributed by atoms with Gasteiger partial charge in [-0.05, 0) is 79.4 Å². The summed E-state index contributed by atoms with van der Waals surface area (Å²) in [5, 5.41) is 8.05. The standard InChI is InChI=1S/C29H31N7/c1-19-12-23(6-5-22(19)13-21-4-9-28-27(14-21)33-18-35(28)3)34-29-25-15-24(7-8-26(25)31-17-32-29)36-11-10-30-16-20(36)2/h4-9,12,14-15,17-18,20,30H,10-11,13,16H2,1-3H3,(H,31,32,34). The molecule has 7 nitrogen and oxygen atoms in total. The van der Waals surface area contributed by atoms with Crippen LogP contribution in [0.15, 0.2) is 67.3 Å². The average Bonchev–Trinajstić information content (AvgIpc) is 3.26. The molecule has 2 N–H and O–H groups in total. The fourth-order valence-electron chi connectivity index (χ4n) is 5.17. The number of piperazine rings is 1. The summed E-state index contributed by atoms with van der Waals surface area (Å²) >= 11 is 0. The number of hydrogen-bond acceptors (Lipinski definition) is 6. The molecule has 182 valence electrons. The maximum absolute atomic E-state index is 4.60. The van der Waals surface area contributed by atoms with Crippen LogP contribution < -0.4 is 15.5 Å². The van der Waals surface area contributed by atoms with E-state index >= 15 is 0 Å². The van der Waals surface area contributed by atoms with E-state index in [0.29, 0.717) is 6.04 Å². The Morgan fingerprint density at radius 3 is 2.78 bits per heavy atom. The van der Waals surface area contributed by atoms with Crippen molar-refractivity contribution in [3.63, 3.8) is 0 Å². The number of fused-ring (bicyclic) bond motifs is 2. The lowest BCUT2D eigenvalue weighted by atomic mass is 9.99. The van der Waals surface area contributed by atoms with Crippen LogP contribution in [0.5, 0.6) is 0 Å². The van der Waals surface area contributed by atoms with Gasteiger partial charge in [0.05, 0.1) is 22.9 Å². The first-order valence-corrected chi connectivity index (χ1v) is 12.5. The van der Waals surface area contributed by atoms with Crippen LogP contribution in [0.4, 0.5) is 17.2 Å². The normalized spacial score (nSPS) is 16.1. The van der Waals surface area contributed by atoms with Gasteiger partial charge in [-0.2, -0.15) is 0 Å². The second-order valence-electron chi connectivity index (χ2n) is 9.79. The third-order valence-corrected chi connectivity index (χ3v) is 7.24. The molecule has 0 saturated carbocycles. The Morgan fingerprint density at radius 1 is 1.00 bits per heavy atom.